The molecule has 1 aliphatic carbocycles. The van der Waals surface area contributed by atoms with Crippen LogP contribution in [0.3, 0.4) is 0 Å². The highest BCUT2D eigenvalue weighted by atomic mass is 16.5. The second-order valence-electron chi connectivity index (χ2n) is 6.65. The van der Waals surface area contributed by atoms with E-state index in [-0.39, 0.29) is 11.9 Å². The molecule has 1 aliphatic heterocycles. The van der Waals surface area contributed by atoms with Gasteiger partial charge in [0.2, 0.25) is 0 Å². The summed E-state index contributed by atoms with van der Waals surface area (Å²) in [5, 5.41) is 0. The number of hydrogen-bond donors (Lipinski definition) is 0. The third-order valence-electron chi connectivity index (χ3n) is 5.13. The largest absolute Gasteiger partial charge is 0.464 e. The summed E-state index contributed by atoms with van der Waals surface area (Å²) in [7, 11) is 0. The molecule has 0 radical (unpaired) electrons. The van der Waals surface area contributed by atoms with E-state index in [4.69, 9.17) is 4.74 Å². The van der Waals surface area contributed by atoms with Crippen LogP contribution in [0.4, 0.5) is 0 Å². The summed E-state index contributed by atoms with van der Waals surface area (Å²) < 4.78 is 5.65. The first-order valence-electron chi connectivity index (χ1n) is 8.78. The van der Waals surface area contributed by atoms with Gasteiger partial charge in [-0.2, -0.15) is 0 Å². The smallest absolute Gasteiger partial charge is 0.313 e. The van der Waals surface area contributed by atoms with Crippen molar-refractivity contribution in [2.45, 2.75) is 44.4 Å². The van der Waals surface area contributed by atoms with Crippen LogP contribution >= 0.6 is 0 Å². The molecule has 1 saturated carbocycles. The topological polar surface area (TPSA) is 29.5 Å². The standard InChI is InChI=1S/C19H27NO2/c21-19(22-15-14-20-12-6-7-13-20)18(17-10-4-5-11-17)16-8-2-1-3-9-16/h1-3,8-9,17-18H,4-7,10-15H2. The van der Waals surface area contributed by atoms with Crippen LogP contribution in [-0.2, 0) is 9.53 Å². The van der Waals surface area contributed by atoms with Crippen molar-refractivity contribution in [3.05, 3.63) is 35.9 Å². The van der Waals surface area contributed by atoms with Crippen molar-refractivity contribution in [3.63, 3.8) is 0 Å². The second-order valence-corrected chi connectivity index (χ2v) is 6.65. The Morgan fingerprint density at radius 1 is 1.09 bits per heavy atom. The lowest BCUT2D eigenvalue weighted by atomic mass is 9.85. The lowest BCUT2D eigenvalue weighted by Crippen LogP contribution is -2.28. The van der Waals surface area contributed by atoms with Gasteiger partial charge in [0.15, 0.2) is 0 Å². The lowest BCUT2D eigenvalue weighted by molar-refractivity contribution is -0.147. The summed E-state index contributed by atoms with van der Waals surface area (Å²) in [4.78, 5) is 15.1. The van der Waals surface area contributed by atoms with Gasteiger partial charge in [0.1, 0.15) is 6.61 Å². The predicted molar refractivity (Wildman–Crippen MR) is 87.8 cm³/mol. The van der Waals surface area contributed by atoms with Gasteiger partial charge in [0, 0.05) is 6.54 Å². The molecule has 3 heteroatoms. The number of nitrogens with zero attached hydrogens (tertiary/aromatic N) is 1. The third-order valence-corrected chi connectivity index (χ3v) is 5.13. The van der Waals surface area contributed by atoms with E-state index >= 15 is 0 Å². The third kappa shape index (κ3) is 3.89. The summed E-state index contributed by atoms with van der Waals surface area (Å²) in [5.74, 6) is 0.376. The SMILES string of the molecule is O=C(OCCN1CCCC1)C(c1ccccc1)C1CCCC1. The van der Waals surface area contributed by atoms with E-state index in [9.17, 15) is 4.79 Å². The molecule has 0 N–H and O–H groups in total. The molecule has 1 atom stereocenters. The fourth-order valence-corrected chi connectivity index (χ4v) is 3.92. The number of rotatable bonds is 6. The minimum absolute atomic E-state index is 0.0164. The zero-order valence-corrected chi connectivity index (χ0v) is 13.4. The van der Waals surface area contributed by atoms with E-state index in [1.54, 1.807) is 0 Å². The summed E-state index contributed by atoms with van der Waals surface area (Å²) >= 11 is 0. The van der Waals surface area contributed by atoms with Crippen LogP contribution < -0.4 is 0 Å². The van der Waals surface area contributed by atoms with Crippen LogP contribution in [0.2, 0.25) is 0 Å². The van der Waals surface area contributed by atoms with Gasteiger partial charge in [-0.1, -0.05) is 43.2 Å². The molecule has 0 aromatic heterocycles. The van der Waals surface area contributed by atoms with Gasteiger partial charge in [0.05, 0.1) is 5.92 Å². The number of likely N-dealkylation sites (tertiary alicyclic amines) is 1. The number of carbonyl (C=O) groups is 1. The first-order chi connectivity index (χ1) is 10.8. The first-order valence-corrected chi connectivity index (χ1v) is 8.78. The van der Waals surface area contributed by atoms with Crippen molar-refractivity contribution in [2.24, 2.45) is 5.92 Å². The molecular weight excluding hydrogens is 274 g/mol. The summed E-state index contributed by atoms with van der Waals surface area (Å²) in [6, 6.07) is 10.2. The van der Waals surface area contributed by atoms with Crippen LogP contribution in [0, 0.1) is 5.92 Å². The average molecular weight is 301 g/mol. The lowest BCUT2D eigenvalue weighted by Gasteiger charge is -2.23. The van der Waals surface area contributed by atoms with E-state index in [0.29, 0.717) is 12.5 Å². The molecule has 1 heterocycles. The van der Waals surface area contributed by atoms with Crippen molar-refractivity contribution in [3.8, 4) is 0 Å². The normalized spacial score (nSPS) is 21.1. The molecule has 1 aromatic carbocycles. The van der Waals surface area contributed by atoms with Gasteiger partial charge in [-0.3, -0.25) is 9.69 Å². The second kappa shape index (κ2) is 7.77. The molecule has 3 rings (SSSR count). The number of hydrogen-bond acceptors (Lipinski definition) is 3. The van der Waals surface area contributed by atoms with Crippen LogP contribution in [0.5, 0.6) is 0 Å². The van der Waals surface area contributed by atoms with Gasteiger partial charge >= 0.3 is 5.97 Å². The zero-order valence-electron chi connectivity index (χ0n) is 13.4. The molecule has 22 heavy (non-hydrogen) atoms. The molecule has 1 aromatic rings. The highest BCUT2D eigenvalue weighted by Gasteiger charge is 2.33. The molecule has 0 bridgehead atoms. The Bertz CT molecular complexity index is 462. The Hall–Kier alpha value is -1.35. The van der Waals surface area contributed by atoms with Crippen LogP contribution in [0.25, 0.3) is 0 Å². The maximum atomic E-state index is 12.7. The Morgan fingerprint density at radius 3 is 2.45 bits per heavy atom. The first kappa shape index (κ1) is 15.5. The van der Waals surface area contributed by atoms with Crippen LogP contribution in [0.1, 0.15) is 50.0 Å². The molecule has 2 fully saturated rings. The van der Waals surface area contributed by atoms with E-state index in [1.807, 2.05) is 18.2 Å². The zero-order chi connectivity index (χ0) is 15.2. The fourth-order valence-electron chi connectivity index (χ4n) is 3.92. The number of esters is 1. The monoisotopic (exact) mass is 301 g/mol. The van der Waals surface area contributed by atoms with E-state index in [1.165, 1.54) is 25.7 Å². The van der Waals surface area contributed by atoms with Crippen LogP contribution in [-0.4, -0.2) is 37.1 Å². The molecule has 1 saturated heterocycles. The highest BCUT2D eigenvalue weighted by molar-refractivity contribution is 5.78. The Balaban J connectivity index is 1.59. The van der Waals surface area contributed by atoms with Gasteiger partial charge in [-0.05, 0) is 50.3 Å². The van der Waals surface area contributed by atoms with Crippen molar-refractivity contribution in [2.75, 3.05) is 26.2 Å². The fraction of sp³-hybridized carbons (Fsp3) is 0.632. The van der Waals surface area contributed by atoms with Gasteiger partial charge in [-0.15, -0.1) is 0 Å². The Kier molecular flexibility index (Phi) is 5.49. The van der Waals surface area contributed by atoms with Crippen molar-refractivity contribution >= 4 is 5.97 Å². The minimum Gasteiger partial charge on any atom is -0.464 e. The molecule has 1 unspecified atom stereocenters. The van der Waals surface area contributed by atoms with Gasteiger partial charge in [0.25, 0.3) is 0 Å². The summed E-state index contributed by atoms with van der Waals surface area (Å²) in [5.41, 5.74) is 1.13. The van der Waals surface area contributed by atoms with Crippen molar-refractivity contribution < 1.29 is 9.53 Å². The summed E-state index contributed by atoms with van der Waals surface area (Å²) in [6.07, 6.45) is 7.36. The summed E-state index contributed by atoms with van der Waals surface area (Å²) in [6.45, 7) is 3.73. The maximum Gasteiger partial charge on any atom is 0.313 e. The van der Waals surface area contributed by atoms with Crippen molar-refractivity contribution in [1.29, 1.82) is 0 Å². The number of ether oxygens (including phenoxy) is 1. The predicted octanol–water partition coefficient (Wildman–Crippen LogP) is 3.60. The van der Waals surface area contributed by atoms with Gasteiger partial charge < -0.3 is 4.74 Å². The molecule has 2 aliphatic rings. The molecule has 120 valence electrons. The van der Waals surface area contributed by atoms with Crippen LogP contribution in [0.15, 0.2) is 30.3 Å². The molecule has 0 spiro atoms. The molecule has 0 amide bonds. The Morgan fingerprint density at radius 2 is 1.77 bits per heavy atom. The van der Waals surface area contributed by atoms with E-state index in [0.717, 1.165) is 38.0 Å². The maximum absolute atomic E-state index is 12.7. The number of carbonyl (C=O) groups excluding carboxylic acids is 1. The minimum atomic E-state index is -0.0673. The quantitative estimate of drug-likeness (QED) is 0.752. The number of benzene rings is 1. The molecule has 3 nitrogen and oxygen atoms in total. The molecular formula is C19H27NO2. The van der Waals surface area contributed by atoms with Gasteiger partial charge in [-0.25, -0.2) is 0 Å². The van der Waals surface area contributed by atoms with E-state index in [2.05, 4.69) is 17.0 Å². The Labute approximate surface area is 133 Å². The van der Waals surface area contributed by atoms with Crippen molar-refractivity contribution in [1.82, 2.24) is 4.90 Å². The highest BCUT2D eigenvalue weighted by Crippen LogP contribution is 2.38. The average Bonchev–Trinajstić information content (AvgIpc) is 3.22. The van der Waals surface area contributed by atoms with E-state index < -0.39 is 0 Å².